The molecule has 1 atom stereocenters. The number of nitrogens with zero attached hydrogens (tertiary/aromatic N) is 2. The van der Waals surface area contributed by atoms with Gasteiger partial charge in [-0.1, -0.05) is 11.6 Å². The third kappa shape index (κ3) is 3.03. The average molecular weight is 246 g/mol. The van der Waals surface area contributed by atoms with E-state index in [0.717, 1.165) is 25.1 Å². The van der Waals surface area contributed by atoms with E-state index in [0.29, 0.717) is 11.1 Å². The van der Waals surface area contributed by atoms with Crippen molar-refractivity contribution in [3.63, 3.8) is 0 Å². The molecule has 0 saturated carbocycles. The molecule has 0 spiro atoms. The van der Waals surface area contributed by atoms with Crippen LogP contribution in [0.1, 0.15) is 25.0 Å². The van der Waals surface area contributed by atoms with Gasteiger partial charge >= 0.3 is 0 Å². The van der Waals surface area contributed by atoms with E-state index in [1.165, 1.54) is 12.8 Å². The Labute approximate surface area is 99.2 Å². The molecule has 1 aliphatic heterocycles. The predicted molar refractivity (Wildman–Crippen MR) is 61.4 cm³/mol. The van der Waals surface area contributed by atoms with E-state index < -0.39 is 0 Å². The molecule has 0 aromatic carbocycles. The van der Waals surface area contributed by atoms with Gasteiger partial charge < -0.3 is 5.32 Å². The molecule has 2 rings (SSSR count). The van der Waals surface area contributed by atoms with Gasteiger partial charge in [-0.3, -0.25) is 0 Å². The molecular formula is C10H13Cl2N3. The molecule has 3 nitrogen and oxygen atoms in total. The minimum Gasteiger partial charge on any atom is -0.314 e. The normalized spacial score (nSPS) is 20.8. The second kappa shape index (κ2) is 5.10. The first-order valence-electron chi connectivity index (χ1n) is 5.16. The summed E-state index contributed by atoms with van der Waals surface area (Å²) < 4.78 is 0. The Morgan fingerprint density at radius 1 is 1.47 bits per heavy atom. The molecule has 15 heavy (non-hydrogen) atoms. The highest BCUT2D eigenvalue weighted by Gasteiger charge is 2.14. The molecule has 0 aliphatic carbocycles. The number of hydrogen-bond acceptors (Lipinski definition) is 3. The Morgan fingerprint density at radius 2 is 2.33 bits per heavy atom. The molecule has 1 saturated heterocycles. The Morgan fingerprint density at radius 3 is 3.07 bits per heavy atom. The van der Waals surface area contributed by atoms with Gasteiger partial charge in [0.15, 0.2) is 0 Å². The first-order valence-corrected chi connectivity index (χ1v) is 5.91. The van der Waals surface area contributed by atoms with Crippen LogP contribution in [0, 0.1) is 0 Å². The zero-order valence-electron chi connectivity index (χ0n) is 8.34. The van der Waals surface area contributed by atoms with Crippen molar-refractivity contribution in [3.05, 3.63) is 22.2 Å². The Balaban J connectivity index is 1.94. The summed E-state index contributed by atoms with van der Waals surface area (Å²) in [5.41, 5.74) is 0.852. The van der Waals surface area contributed by atoms with Gasteiger partial charge in [0.1, 0.15) is 0 Å². The van der Waals surface area contributed by atoms with Gasteiger partial charge in [-0.2, -0.15) is 0 Å². The molecule has 5 heteroatoms. The highest BCUT2D eigenvalue weighted by atomic mass is 35.5. The summed E-state index contributed by atoms with van der Waals surface area (Å²) in [5, 5.41) is 4.32. The number of aryl methyl sites for hydroxylation is 1. The minimum atomic E-state index is 0.272. The van der Waals surface area contributed by atoms with Crippen LogP contribution in [-0.4, -0.2) is 22.6 Å². The lowest BCUT2D eigenvalue weighted by Crippen LogP contribution is -2.21. The number of halogens is 2. The maximum atomic E-state index is 5.98. The summed E-state index contributed by atoms with van der Waals surface area (Å²) in [6.07, 6.45) is 6.00. The summed E-state index contributed by atoms with van der Waals surface area (Å²) in [4.78, 5) is 7.95. The van der Waals surface area contributed by atoms with Gasteiger partial charge in [-0.25, -0.2) is 9.97 Å². The smallest absolute Gasteiger partial charge is 0.222 e. The quantitative estimate of drug-likeness (QED) is 0.832. The van der Waals surface area contributed by atoms with Crippen molar-refractivity contribution in [2.45, 2.75) is 31.7 Å². The fourth-order valence-corrected chi connectivity index (χ4v) is 2.20. The van der Waals surface area contributed by atoms with Crippen molar-refractivity contribution < 1.29 is 0 Å². The van der Waals surface area contributed by atoms with E-state index >= 15 is 0 Å². The maximum absolute atomic E-state index is 5.98. The van der Waals surface area contributed by atoms with Gasteiger partial charge in [-0.15, -0.1) is 0 Å². The van der Waals surface area contributed by atoms with Gasteiger partial charge in [0.25, 0.3) is 0 Å². The number of nitrogens with one attached hydrogen (secondary N) is 1. The van der Waals surface area contributed by atoms with Crippen LogP contribution in [0.3, 0.4) is 0 Å². The maximum Gasteiger partial charge on any atom is 0.222 e. The molecule has 2 heterocycles. The Hall–Kier alpha value is -0.380. The molecular weight excluding hydrogens is 233 g/mol. The Bertz CT molecular complexity index is 337. The van der Waals surface area contributed by atoms with Crippen molar-refractivity contribution in [3.8, 4) is 0 Å². The van der Waals surface area contributed by atoms with Crippen LogP contribution in [0.15, 0.2) is 6.20 Å². The number of hydrogen-bond donors (Lipinski definition) is 1. The lowest BCUT2D eigenvalue weighted by molar-refractivity contribution is 0.555. The van der Waals surface area contributed by atoms with E-state index in [1.807, 2.05) is 0 Å². The molecule has 0 bridgehead atoms. The van der Waals surface area contributed by atoms with Crippen molar-refractivity contribution >= 4 is 23.2 Å². The fraction of sp³-hybridized carbons (Fsp3) is 0.600. The topological polar surface area (TPSA) is 37.8 Å². The summed E-state index contributed by atoms with van der Waals surface area (Å²) in [7, 11) is 0. The van der Waals surface area contributed by atoms with Crippen molar-refractivity contribution in [2.75, 3.05) is 6.54 Å². The van der Waals surface area contributed by atoms with Gasteiger partial charge in [-0.05, 0) is 43.8 Å². The summed E-state index contributed by atoms with van der Waals surface area (Å²) in [6, 6.07) is 0.606. The van der Waals surface area contributed by atoms with E-state index in [1.54, 1.807) is 6.20 Å². The van der Waals surface area contributed by atoms with Crippen LogP contribution >= 0.6 is 23.2 Å². The average Bonchev–Trinajstić information content (AvgIpc) is 2.72. The van der Waals surface area contributed by atoms with Crippen molar-refractivity contribution in [2.24, 2.45) is 0 Å². The van der Waals surface area contributed by atoms with E-state index in [2.05, 4.69) is 15.3 Å². The minimum absolute atomic E-state index is 0.272. The van der Waals surface area contributed by atoms with Crippen LogP contribution in [0.25, 0.3) is 0 Å². The lowest BCUT2D eigenvalue weighted by Gasteiger charge is -2.09. The molecule has 1 aromatic heterocycles. The third-order valence-electron chi connectivity index (χ3n) is 2.68. The molecule has 82 valence electrons. The van der Waals surface area contributed by atoms with Gasteiger partial charge in [0, 0.05) is 6.04 Å². The van der Waals surface area contributed by atoms with Crippen molar-refractivity contribution in [1.82, 2.24) is 15.3 Å². The first-order chi connectivity index (χ1) is 7.25. The monoisotopic (exact) mass is 245 g/mol. The third-order valence-corrected chi connectivity index (χ3v) is 3.18. The van der Waals surface area contributed by atoms with Crippen LogP contribution in [-0.2, 0) is 6.42 Å². The fourth-order valence-electron chi connectivity index (χ4n) is 1.87. The molecule has 0 radical (unpaired) electrons. The number of rotatable bonds is 3. The second-order valence-electron chi connectivity index (χ2n) is 3.77. The van der Waals surface area contributed by atoms with Crippen LogP contribution < -0.4 is 5.32 Å². The summed E-state index contributed by atoms with van der Waals surface area (Å²) >= 11 is 11.7. The van der Waals surface area contributed by atoms with E-state index in [9.17, 15) is 0 Å². The molecule has 1 N–H and O–H groups in total. The zero-order chi connectivity index (χ0) is 10.7. The molecule has 1 aromatic rings. The SMILES string of the molecule is Clc1ncc(Cl)c(CCC2CCCN2)n1. The molecule has 1 fully saturated rings. The zero-order valence-corrected chi connectivity index (χ0v) is 9.85. The highest BCUT2D eigenvalue weighted by Crippen LogP contribution is 2.18. The standard InChI is InChI=1S/C10H13Cl2N3/c11-8-6-14-10(12)15-9(8)4-3-7-2-1-5-13-7/h6-7,13H,1-5H2. The largest absolute Gasteiger partial charge is 0.314 e. The molecule has 0 amide bonds. The highest BCUT2D eigenvalue weighted by molar-refractivity contribution is 6.31. The van der Waals surface area contributed by atoms with Gasteiger partial charge in [0.2, 0.25) is 5.28 Å². The molecule has 1 unspecified atom stereocenters. The summed E-state index contributed by atoms with van der Waals surface area (Å²) in [6.45, 7) is 1.13. The summed E-state index contributed by atoms with van der Waals surface area (Å²) in [5.74, 6) is 0. The van der Waals surface area contributed by atoms with Gasteiger partial charge in [0.05, 0.1) is 16.9 Å². The first kappa shape index (κ1) is 11.1. The van der Waals surface area contributed by atoms with Crippen molar-refractivity contribution in [1.29, 1.82) is 0 Å². The predicted octanol–water partition coefficient (Wildman–Crippen LogP) is 2.47. The number of aromatic nitrogens is 2. The van der Waals surface area contributed by atoms with Crippen LogP contribution in [0.4, 0.5) is 0 Å². The Kier molecular flexibility index (Phi) is 3.78. The van der Waals surface area contributed by atoms with E-state index in [-0.39, 0.29) is 5.28 Å². The van der Waals surface area contributed by atoms with E-state index in [4.69, 9.17) is 23.2 Å². The van der Waals surface area contributed by atoms with Crippen LogP contribution in [0.5, 0.6) is 0 Å². The second-order valence-corrected chi connectivity index (χ2v) is 4.51. The lowest BCUT2D eigenvalue weighted by atomic mass is 10.1. The molecule has 1 aliphatic rings. The van der Waals surface area contributed by atoms with Crippen LogP contribution in [0.2, 0.25) is 10.3 Å².